The van der Waals surface area contributed by atoms with Crippen molar-refractivity contribution < 1.29 is 4.74 Å². The normalized spacial score (nSPS) is 12.9. The second kappa shape index (κ2) is 6.26. The van der Waals surface area contributed by atoms with Crippen LogP contribution in [0.15, 0.2) is 22.7 Å². The van der Waals surface area contributed by atoms with Crippen LogP contribution in [0.3, 0.4) is 0 Å². The van der Waals surface area contributed by atoms with E-state index in [0.29, 0.717) is 12.5 Å². The summed E-state index contributed by atoms with van der Waals surface area (Å²) < 4.78 is 6.44. The minimum Gasteiger partial charge on any atom is -0.493 e. The number of benzene rings is 1. The fraction of sp³-hybridized carbons (Fsp3) is 0.538. The molecule has 2 nitrogen and oxygen atoms in total. The van der Waals surface area contributed by atoms with E-state index < -0.39 is 0 Å². The van der Waals surface area contributed by atoms with Crippen molar-refractivity contribution in [3.8, 4) is 5.75 Å². The second-order valence-corrected chi connectivity index (χ2v) is 5.21. The molecule has 1 aromatic carbocycles. The molecule has 1 aromatic rings. The molecule has 1 atom stereocenters. The Morgan fingerprint density at radius 2 is 2.06 bits per heavy atom. The lowest BCUT2D eigenvalue weighted by atomic mass is 9.98. The van der Waals surface area contributed by atoms with Gasteiger partial charge in [-0.25, -0.2) is 0 Å². The first-order valence-electron chi connectivity index (χ1n) is 5.72. The first-order chi connectivity index (χ1) is 7.54. The van der Waals surface area contributed by atoms with E-state index in [1.165, 1.54) is 0 Å². The molecule has 2 N–H and O–H groups in total. The molecule has 90 valence electrons. The zero-order valence-electron chi connectivity index (χ0n) is 10.2. The third-order valence-corrected chi connectivity index (χ3v) is 3.03. The minimum atomic E-state index is 0.104. The summed E-state index contributed by atoms with van der Waals surface area (Å²) >= 11 is 3.50. The van der Waals surface area contributed by atoms with Gasteiger partial charge in [0, 0.05) is 6.04 Å². The summed E-state index contributed by atoms with van der Waals surface area (Å²) in [6, 6.07) is 6.18. The van der Waals surface area contributed by atoms with E-state index in [-0.39, 0.29) is 6.04 Å². The first-order valence-corrected chi connectivity index (χ1v) is 6.51. The Morgan fingerprint density at radius 3 is 2.56 bits per heavy atom. The van der Waals surface area contributed by atoms with Crippen molar-refractivity contribution >= 4 is 15.9 Å². The van der Waals surface area contributed by atoms with E-state index in [0.717, 1.165) is 22.2 Å². The molecular formula is C13H20BrNO. The van der Waals surface area contributed by atoms with Crippen molar-refractivity contribution in [3.05, 3.63) is 28.2 Å². The van der Waals surface area contributed by atoms with Gasteiger partial charge in [-0.2, -0.15) is 0 Å². The van der Waals surface area contributed by atoms with Crippen LogP contribution >= 0.6 is 15.9 Å². The Kier molecular flexibility index (Phi) is 5.29. The van der Waals surface area contributed by atoms with Crippen LogP contribution in [0.5, 0.6) is 5.75 Å². The Hall–Kier alpha value is -0.540. The quantitative estimate of drug-likeness (QED) is 0.891. The number of hydrogen-bond acceptors (Lipinski definition) is 2. The van der Waals surface area contributed by atoms with E-state index in [9.17, 15) is 0 Å². The summed E-state index contributed by atoms with van der Waals surface area (Å²) in [5, 5.41) is 0. The van der Waals surface area contributed by atoms with Gasteiger partial charge in [-0.1, -0.05) is 19.9 Å². The highest BCUT2D eigenvalue weighted by Gasteiger charge is 2.10. The first kappa shape index (κ1) is 13.5. The number of ether oxygens (including phenoxy) is 1. The summed E-state index contributed by atoms with van der Waals surface area (Å²) in [6.45, 7) is 7.02. The third kappa shape index (κ3) is 3.80. The molecule has 0 aliphatic rings. The molecule has 0 saturated carbocycles. The average molecular weight is 286 g/mol. The van der Waals surface area contributed by atoms with Gasteiger partial charge in [0.1, 0.15) is 5.75 Å². The van der Waals surface area contributed by atoms with Gasteiger partial charge in [0.15, 0.2) is 0 Å². The van der Waals surface area contributed by atoms with Crippen molar-refractivity contribution in [2.24, 2.45) is 11.7 Å². The SMILES string of the molecule is CCOc1ccc(C(N)CC(C)C)cc1Br. The van der Waals surface area contributed by atoms with Gasteiger partial charge >= 0.3 is 0 Å². The van der Waals surface area contributed by atoms with Gasteiger partial charge in [-0.15, -0.1) is 0 Å². The maximum absolute atomic E-state index is 6.13. The molecule has 0 bridgehead atoms. The van der Waals surface area contributed by atoms with Gasteiger partial charge in [0.2, 0.25) is 0 Å². The van der Waals surface area contributed by atoms with Gasteiger partial charge < -0.3 is 10.5 Å². The van der Waals surface area contributed by atoms with E-state index in [4.69, 9.17) is 10.5 Å². The highest BCUT2D eigenvalue weighted by molar-refractivity contribution is 9.10. The van der Waals surface area contributed by atoms with Crippen LogP contribution < -0.4 is 10.5 Å². The van der Waals surface area contributed by atoms with Crippen molar-refractivity contribution in [2.45, 2.75) is 33.2 Å². The fourth-order valence-electron chi connectivity index (χ4n) is 1.66. The van der Waals surface area contributed by atoms with Crippen molar-refractivity contribution in [1.29, 1.82) is 0 Å². The van der Waals surface area contributed by atoms with Gasteiger partial charge in [0.05, 0.1) is 11.1 Å². The van der Waals surface area contributed by atoms with E-state index >= 15 is 0 Å². The lowest BCUT2D eigenvalue weighted by Crippen LogP contribution is -2.12. The molecule has 3 heteroatoms. The molecule has 0 amide bonds. The van der Waals surface area contributed by atoms with Crippen LogP contribution in [-0.2, 0) is 0 Å². The van der Waals surface area contributed by atoms with Gasteiger partial charge in [-0.3, -0.25) is 0 Å². The molecule has 1 rings (SSSR count). The Balaban J connectivity index is 2.79. The van der Waals surface area contributed by atoms with E-state index in [1.807, 2.05) is 19.1 Å². The molecule has 0 heterocycles. The Bertz CT molecular complexity index is 339. The summed E-state index contributed by atoms with van der Waals surface area (Å²) in [7, 11) is 0. The molecule has 0 fully saturated rings. The number of rotatable bonds is 5. The van der Waals surface area contributed by atoms with Gasteiger partial charge in [-0.05, 0) is 52.9 Å². The van der Waals surface area contributed by atoms with Crippen molar-refractivity contribution in [2.75, 3.05) is 6.61 Å². The zero-order valence-corrected chi connectivity index (χ0v) is 11.8. The Morgan fingerprint density at radius 1 is 1.38 bits per heavy atom. The maximum Gasteiger partial charge on any atom is 0.133 e. The minimum absolute atomic E-state index is 0.104. The monoisotopic (exact) mass is 285 g/mol. The molecule has 0 aliphatic heterocycles. The summed E-state index contributed by atoms with van der Waals surface area (Å²) in [5.74, 6) is 1.49. The topological polar surface area (TPSA) is 35.2 Å². The van der Waals surface area contributed by atoms with Crippen LogP contribution in [-0.4, -0.2) is 6.61 Å². The van der Waals surface area contributed by atoms with Crippen molar-refractivity contribution in [1.82, 2.24) is 0 Å². The largest absolute Gasteiger partial charge is 0.493 e. The van der Waals surface area contributed by atoms with E-state index in [2.05, 4.69) is 35.8 Å². The summed E-state index contributed by atoms with van der Waals surface area (Å²) in [4.78, 5) is 0. The van der Waals surface area contributed by atoms with Crippen LogP contribution in [0.2, 0.25) is 0 Å². The van der Waals surface area contributed by atoms with Crippen LogP contribution in [0.1, 0.15) is 38.8 Å². The third-order valence-electron chi connectivity index (χ3n) is 2.41. The summed E-state index contributed by atoms with van der Waals surface area (Å²) in [5.41, 5.74) is 7.28. The zero-order chi connectivity index (χ0) is 12.1. The highest BCUT2D eigenvalue weighted by Crippen LogP contribution is 2.29. The molecule has 0 saturated heterocycles. The predicted octanol–water partition coefficient (Wildman–Crippen LogP) is 3.89. The molecular weight excluding hydrogens is 266 g/mol. The Labute approximate surface area is 106 Å². The highest BCUT2D eigenvalue weighted by atomic mass is 79.9. The molecule has 0 aliphatic carbocycles. The van der Waals surface area contributed by atoms with Crippen LogP contribution in [0.4, 0.5) is 0 Å². The standard InChI is InChI=1S/C13H20BrNO/c1-4-16-13-6-5-10(8-11(13)14)12(15)7-9(2)3/h5-6,8-9,12H,4,7,15H2,1-3H3. The summed E-state index contributed by atoms with van der Waals surface area (Å²) in [6.07, 6.45) is 1.00. The smallest absolute Gasteiger partial charge is 0.133 e. The fourth-order valence-corrected chi connectivity index (χ4v) is 2.18. The average Bonchev–Trinajstić information content (AvgIpc) is 2.20. The van der Waals surface area contributed by atoms with Crippen molar-refractivity contribution in [3.63, 3.8) is 0 Å². The number of halogens is 1. The molecule has 0 spiro atoms. The lowest BCUT2D eigenvalue weighted by Gasteiger charge is -2.16. The van der Waals surface area contributed by atoms with Gasteiger partial charge in [0.25, 0.3) is 0 Å². The number of nitrogens with two attached hydrogens (primary N) is 1. The molecule has 0 aromatic heterocycles. The second-order valence-electron chi connectivity index (χ2n) is 4.36. The molecule has 1 unspecified atom stereocenters. The van der Waals surface area contributed by atoms with E-state index in [1.54, 1.807) is 0 Å². The maximum atomic E-state index is 6.13. The molecule has 0 radical (unpaired) electrons. The van der Waals surface area contributed by atoms with Crippen LogP contribution in [0, 0.1) is 5.92 Å². The predicted molar refractivity (Wildman–Crippen MR) is 71.7 cm³/mol. The lowest BCUT2D eigenvalue weighted by molar-refractivity contribution is 0.338. The number of hydrogen-bond donors (Lipinski definition) is 1. The molecule has 16 heavy (non-hydrogen) atoms. The van der Waals surface area contributed by atoms with Crippen LogP contribution in [0.25, 0.3) is 0 Å².